The third-order valence-corrected chi connectivity index (χ3v) is 3.66. The first-order chi connectivity index (χ1) is 11.3. The quantitative estimate of drug-likeness (QED) is 0.327. The summed E-state index contributed by atoms with van der Waals surface area (Å²) in [6.07, 6.45) is -1.41. The molecule has 0 saturated heterocycles. The minimum Gasteiger partial charge on any atom is -0.490 e. The number of amidine groups is 1. The molecule has 0 aliphatic rings. The van der Waals surface area contributed by atoms with Crippen LogP contribution in [0.5, 0.6) is 5.75 Å². The number of nitrogens with one attached hydrogen (secondary N) is 1. The van der Waals surface area contributed by atoms with E-state index in [1.165, 1.54) is 18.2 Å². The highest BCUT2D eigenvalue weighted by molar-refractivity contribution is 8.26. The largest absolute Gasteiger partial charge is 0.490 e. The predicted molar refractivity (Wildman–Crippen MR) is 93.0 cm³/mol. The zero-order valence-electron chi connectivity index (χ0n) is 13.3. The van der Waals surface area contributed by atoms with E-state index in [0.29, 0.717) is 18.3 Å². The van der Waals surface area contributed by atoms with Gasteiger partial charge in [-0.25, -0.2) is 0 Å². The van der Waals surface area contributed by atoms with E-state index in [1.807, 2.05) is 6.92 Å². The molecule has 1 rings (SSSR count). The van der Waals surface area contributed by atoms with Gasteiger partial charge in [-0.1, -0.05) is 26.0 Å². The molecule has 3 N–H and O–H groups in total. The highest BCUT2D eigenvalue weighted by Gasteiger charge is 2.35. The lowest BCUT2D eigenvalue weighted by atomic mass is 10.1. The lowest BCUT2D eigenvalue weighted by Crippen LogP contribution is -2.16. The number of aliphatic imine (C=N–C) groups is 1. The van der Waals surface area contributed by atoms with Gasteiger partial charge in [-0.2, -0.15) is 13.2 Å². The van der Waals surface area contributed by atoms with Crippen LogP contribution in [0.1, 0.15) is 30.9 Å². The van der Waals surface area contributed by atoms with Gasteiger partial charge in [-0.05, 0) is 36.4 Å². The smallest absolute Gasteiger partial charge is 0.417 e. The molecule has 0 spiro atoms. The normalized spacial score (nSPS) is 12.1. The number of hydrogen-bond donors (Lipinski definition) is 2. The highest BCUT2D eigenvalue weighted by Crippen LogP contribution is 2.36. The summed E-state index contributed by atoms with van der Waals surface area (Å²) < 4.78 is 44.9. The van der Waals surface area contributed by atoms with E-state index in [2.05, 4.69) is 11.6 Å². The molecular weight excluding hydrogens is 339 g/mol. The van der Waals surface area contributed by atoms with E-state index in [-0.39, 0.29) is 28.1 Å². The molecule has 0 atom stereocenters. The molecule has 0 bridgehead atoms. The summed E-state index contributed by atoms with van der Waals surface area (Å²) in [6, 6.07) is 3.46. The van der Waals surface area contributed by atoms with Crippen LogP contribution in [0.3, 0.4) is 0 Å². The minimum atomic E-state index is -4.61. The molecule has 0 aromatic heterocycles. The summed E-state index contributed by atoms with van der Waals surface area (Å²) in [5.41, 5.74) is 4.46. The molecule has 24 heavy (non-hydrogen) atoms. The van der Waals surface area contributed by atoms with Crippen LogP contribution in [-0.4, -0.2) is 23.4 Å². The summed E-state index contributed by atoms with van der Waals surface area (Å²) in [6.45, 7) is 6.02. The summed E-state index contributed by atoms with van der Waals surface area (Å²) >= 11 is 0.711. The Morgan fingerprint density at radius 1 is 1.46 bits per heavy atom. The Kier molecular flexibility index (Phi) is 7.84. The van der Waals surface area contributed by atoms with Crippen molar-refractivity contribution in [3.8, 4) is 5.75 Å². The van der Waals surface area contributed by atoms with E-state index in [4.69, 9.17) is 15.9 Å². The molecule has 0 aliphatic heterocycles. The summed E-state index contributed by atoms with van der Waals surface area (Å²) in [4.78, 5) is 4.03. The highest BCUT2D eigenvalue weighted by atomic mass is 32.2. The lowest BCUT2D eigenvalue weighted by molar-refractivity contribution is -0.137. The topological polar surface area (TPSA) is 71.5 Å². The zero-order valence-corrected chi connectivity index (χ0v) is 14.1. The Hall–Kier alpha value is -1.96. The second-order valence-electron chi connectivity index (χ2n) is 4.81. The molecule has 0 aliphatic carbocycles. The summed E-state index contributed by atoms with van der Waals surface area (Å²) in [5.74, 6) is 0.0633. The van der Waals surface area contributed by atoms with E-state index in [9.17, 15) is 13.2 Å². The van der Waals surface area contributed by atoms with Gasteiger partial charge < -0.3 is 10.5 Å². The maximum atomic E-state index is 13.3. The Balaban J connectivity index is 3.02. The molecule has 8 heteroatoms. The molecule has 0 unspecified atom stereocenters. The summed E-state index contributed by atoms with van der Waals surface area (Å²) in [5, 5.41) is 7.68. The zero-order chi connectivity index (χ0) is 18.2. The molecule has 0 radical (unpaired) electrons. The number of halogens is 3. The fourth-order valence-corrected chi connectivity index (χ4v) is 2.39. The van der Waals surface area contributed by atoms with Crippen LogP contribution in [0.15, 0.2) is 35.8 Å². The Labute approximate surface area is 143 Å². The Bertz CT molecular complexity index is 615. The third kappa shape index (κ3) is 6.27. The van der Waals surface area contributed by atoms with Crippen molar-refractivity contribution in [3.63, 3.8) is 0 Å². The fourth-order valence-electron chi connectivity index (χ4n) is 1.74. The molecule has 1 aromatic carbocycles. The predicted octanol–water partition coefficient (Wildman–Crippen LogP) is 4.44. The number of hydrogen-bond acceptors (Lipinski definition) is 4. The maximum absolute atomic E-state index is 13.3. The van der Waals surface area contributed by atoms with Crippen molar-refractivity contribution in [2.24, 2.45) is 10.7 Å². The Morgan fingerprint density at radius 3 is 2.75 bits per heavy atom. The lowest BCUT2D eigenvalue weighted by Gasteiger charge is -2.15. The van der Waals surface area contributed by atoms with Crippen molar-refractivity contribution in [3.05, 3.63) is 42.0 Å². The van der Waals surface area contributed by atoms with Gasteiger partial charge in [0.15, 0.2) is 5.17 Å². The second-order valence-corrected chi connectivity index (χ2v) is 5.84. The molecule has 132 valence electrons. The van der Waals surface area contributed by atoms with Crippen LogP contribution < -0.4 is 10.5 Å². The Morgan fingerprint density at radius 2 is 2.17 bits per heavy atom. The van der Waals surface area contributed by atoms with Crippen molar-refractivity contribution in [2.45, 2.75) is 25.9 Å². The van der Waals surface area contributed by atoms with E-state index < -0.39 is 11.7 Å². The number of rotatable bonds is 7. The number of alkyl halides is 3. The van der Waals surface area contributed by atoms with Gasteiger partial charge >= 0.3 is 6.18 Å². The number of nitrogens with zero attached hydrogens (tertiary/aromatic N) is 1. The van der Waals surface area contributed by atoms with Gasteiger partial charge in [0.05, 0.1) is 5.56 Å². The van der Waals surface area contributed by atoms with Gasteiger partial charge in [-0.3, -0.25) is 10.4 Å². The van der Waals surface area contributed by atoms with Crippen molar-refractivity contribution >= 4 is 22.0 Å². The van der Waals surface area contributed by atoms with Crippen LogP contribution >= 0.6 is 11.8 Å². The number of benzene rings is 1. The molecule has 0 amide bonds. The number of unbranched alkanes of at least 4 members (excludes halogenated alkanes) is 1. The van der Waals surface area contributed by atoms with Crippen molar-refractivity contribution in [1.29, 1.82) is 5.41 Å². The standard InChI is InChI=1S/C16H20F3N3OS/c1-3-5-8-22-15(21)24-14(20)12-7-6-11(23-9-4-2)10-13(12)16(17,18)19/h4,6-7,10,20H,2-3,5,8-9H2,1H3,(H2,21,22). The second kappa shape index (κ2) is 9.36. The number of ether oxygens (including phenoxy) is 1. The monoisotopic (exact) mass is 359 g/mol. The van der Waals surface area contributed by atoms with E-state index in [0.717, 1.165) is 18.9 Å². The first-order valence-corrected chi connectivity index (χ1v) is 8.12. The van der Waals surface area contributed by atoms with Crippen molar-refractivity contribution in [2.75, 3.05) is 13.2 Å². The maximum Gasteiger partial charge on any atom is 0.417 e. The minimum absolute atomic E-state index is 0.0633. The average molecular weight is 359 g/mol. The van der Waals surface area contributed by atoms with E-state index >= 15 is 0 Å². The van der Waals surface area contributed by atoms with Crippen LogP contribution in [0.2, 0.25) is 0 Å². The van der Waals surface area contributed by atoms with Crippen LogP contribution in [0.25, 0.3) is 0 Å². The first kappa shape index (κ1) is 20.1. The molecular formula is C16H20F3N3OS. The number of thioether (sulfide) groups is 1. The molecule has 0 heterocycles. The average Bonchev–Trinajstić information content (AvgIpc) is 2.52. The van der Waals surface area contributed by atoms with Crippen LogP contribution in [0.4, 0.5) is 13.2 Å². The fraction of sp³-hybridized carbons (Fsp3) is 0.375. The molecule has 4 nitrogen and oxygen atoms in total. The first-order valence-electron chi connectivity index (χ1n) is 7.31. The van der Waals surface area contributed by atoms with Crippen molar-refractivity contribution < 1.29 is 17.9 Å². The van der Waals surface area contributed by atoms with Gasteiger partial charge in [0.2, 0.25) is 0 Å². The van der Waals surface area contributed by atoms with Crippen LogP contribution in [-0.2, 0) is 6.18 Å². The number of nitrogens with two attached hydrogens (primary N) is 1. The van der Waals surface area contributed by atoms with Gasteiger partial charge in [-0.15, -0.1) is 0 Å². The SMILES string of the molecule is C=CCOc1ccc(C(=N)SC(N)=NCCCC)c(C(F)(F)F)c1. The van der Waals surface area contributed by atoms with Gasteiger partial charge in [0, 0.05) is 12.1 Å². The van der Waals surface area contributed by atoms with Gasteiger partial charge in [0.25, 0.3) is 0 Å². The molecule has 0 fully saturated rings. The summed E-state index contributed by atoms with van der Waals surface area (Å²) in [7, 11) is 0. The van der Waals surface area contributed by atoms with Gasteiger partial charge in [0.1, 0.15) is 17.4 Å². The van der Waals surface area contributed by atoms with Crippen LogP contribution in [0, 0.1) is 5.41 Å². The van der Waals surface area contributed by atoms with E-state index in [1.54, 1.807) is 0 Å². The molecule has 0 saturated carbocycles. The third-order valence-electron chi connectivity index (χ3n) is 2.89. The molecule has 1 aromatic rings. The van der Waals surface area contributed by atoms with Crippen molar-refractivity contribution in [1.82, 2.24) is 0 Å².